The van der Waals surface area contributed by atoms with Gasteiger partial charge in [0, 0.05) is 0 Å². The Morgan fingerprint density at radius 1 is 1.14 bits per heavy atom. The molecule has 7 heavy (non-hydrogen) atoms. The van der Waals surface area contributed by atoms with E-state index in [9.17, 15) is 0 Å². The fourth-order valence-electron chi connectivity index (χ4n) is 0. The molecule has 0 unspecified atom stereocenters. The summed E-state index contributed by atoms with van der Waals surface area (Å²) in [5.41, 5.74) is 0. The molecule has 7 heteroatoms. The average Bonchev–Trinajstić information content (AvgIpc) is 1.36. The van der Waals surface area contributed by atoms with Crippen LogP contribution < -0.4 is 0 Å². The van der Waals surface area contributed by atoms with Gasteiger partial charge in [0.1, 0.15) is 0 Å². The molecule has 0 aromatic heterocycles. The summed E-state index contributed by atoms with van der Waals surface area (Å²) in [5, 5.41) is 0. The van der Waals surface area contributed by atoms with Crippen molar-refractivity contribution in [2.24, 2.45) is 0 Å². The Balaban J connectivity index is 0. The molecule has 0 aliphatic rings. The summed E-state index contributed by atoms with van der Waals surface area (Å²) in [6, 6.07) is 0. The molecule has 0 amide bonds. The Morgan fingerprint density at radius 2 is 1.14 bits per heavy atom. The van der Waals surface area contributed by atoms with Crippen LogP contribution in [0.25, 0.3) is 0 Å². The van der Waals surface area contributed by atoms with Gasteiger partial charge in [-0.1, -0.05) is 0 Å². The normalized spacial score (nSPS) is 9.00. The fourth-order valence-corrected chi connectivity index (χ4v) is 0. The van der Waals surface area contributed by atoms with Gasteiger partial charge in [0.15, 0.2) is 0 Å². The molecule has 0 aromatic carbocycles. The standard InChI is InChI=1S/H3O4P.H2O.Zr/c1-5(2,3)4;;/h(H3,1,2,3,4);1H2;/q;;+1/p-1. The topological polar surface area (TPSA) is 98.0 Å². The summed E-state index contributed by atoms with van der Waals surface area (Å²) in [6.07, 6.45) is 0. The van der Waals surface area contributed by atoms with Crippen LogP contribution in [0.15, 0.2) is 0 Å². The van der Waals surface area contributed by atoms with E-state index in [1.54, 1.807) is 0 Å². The first-order valence-corrected chi connectivity index (χ1v) is 3.67. The Bertz CT molecular complexity index is 54.2. The molecule has 0 saturated carbocycles. The third-order valence-corrected chi connectivity index (χ3v) is 0. The molecule has 0 radical (unpaired) electrons. The SMILES string of the molecule is O=P(O)(O)O.[OH][Zr]. The molecule has 0 fully saturated rings. The zero-order valence-electron chi connectivity index (χ0n) is 3.14. The first kappa shape index (κ1) is 10.8. The van der Waals surface area contributed by atoms with Gasteiger partial charge in [0.25, 0.3) is 0 Å². The van der Waals surface area contributed by atoms with Crippen LogP contribution in [0.3, 0.4) is 0 Å². The third kappa shape index (κ3) is 188. The van der Waals surface area contributed by atoms with Crippen LogP contribution in [-0.2, 0) is 29.7 Å². The van der Waals surface area contributed by atoms with E-state index in [0.29, 0.717) is 25.2 Å². The monoisotopic (exact) mass is 205 g/mol. The summed E-state index contributed by atoms with van der Waals surface area (Å²) in [5.74, 6) is 0. The van der Waals surface area contributed by atoms with E-state index in [0.717, 1.165) is 0 Å². The van der Waals surface area contributed by atoms with Crippen molar-refractivity contribution in [2.75, 3.05) is 0 Å². The maximum atomic E-state index is 8.88. The molecule has 0 bridgehead atoms. The van der Waals surface area contributed by atoms with Crippen LogP contribution in [0.4, 0.5) is 0 Å². The zero-order chi connectivity index (χ0) is 6.50. The van der Waals surface area contributed by atoms with Gasteiger partial charge in [-0.05, 0) is 0 Å². The minimum atomic E-state index is -4.64. The van der Waals surface area contributed by atoms with Gasteiger partial charge in [-0.2, -0.15) is 0 Å². The number of hydrogen-bond acceptors (Lipinski definition) is 2. The molecule has 0 aromatic rings. The van der Waals surface area contributed by atoms with Crippen LogP contribution in [0.1, 0.15) is 0 Å². The van der Waals surface area contributed by atoms with Crippen molar-refractivity contribution in [3.8, 4) is 0 Å². The first-order valence-electron chi connectivity index (χ1n) is 1.01. The van der Waals surface area contributed by atoms with Crippen molar-refractivity contribution in [3.05, 3.63) is 0 Å². The molecule has 0 aliphatic carbocycles. The summed E-state index contributed by atoms with van der Waals surface area (Å²) >= 11 is 0.550. The second-order valence-electron chi connectivity index (χ2n) is 0.513. The maximum absolute atomic E-state index is 8.88. The van der Waals surface area contributed by atoms with Crippen molar-refractivity contribution in [2.45, 2.75) is 0 Å². The molecule has 0 heterocycles. The predicted molar refractivity (Wildman–Crippen MR) is 16.5 cm³/mol. The van der Waals surface area contributed by atoms with Crippen LogP contribution in [0.2, 0.25) is 0 Å². The van der Waals surface area contributed by atoms with E-state index in [2.05, 4.69) is 0 Å². The Morgan fingerprint density at radius 3 is 1.14 bits per heavy atom. The van der Waals surface area contributed by atoms with Gasteiger partial charge >= 0.3 is 36.2 Å². The molecule has 5 nitrogen and oxygen atoms in total. The quantitative estimate of drug-likeness (QED) is 0.362. The first-order chi connectivity index (χ1) is 3.00. The second kappa shape index (κ2) is 5.10. The molecule has 0 saturated heterocycles. The summed E-state index contributed by atoms with van der Waals surface area (Å²) in [4.78, 5) is 21.6. The Hall–Kier alpha value is 0.953. The van der Waals surface area contributed by atoms with E-state index in [1.807, 2.05) is 0 Å². The summed E-state index contributed by atoms with van der Waals surface area (Å²) in [7, 11) is -4.64. The Kier molecular flexibility index (Phi) is 7.90. The van der Waals surface area contributed by atoms with Crippen molar-refractivity contribution in [3.63, 3.8) is 0 Å². The van der Waals surface area contributed by atoms with Crippen LogP contribution >= 0.6 is 7.82 Å². The van der Waals surface area contributed by atoms with Gasteiger partial charge in [0.2, 0.25) is 0 Å². The molecular weight excluding hydrogens is 202 g/mol. The Labute approximate surface area is 55.7 Å². The second-order valence-corrected chi connectivity index (χ2v) is 1.54. The van der Waals surface area contributed by atoms with Gasteiger partial charge in [-0.3, -0.25) is 0 Å². The van der Waals surface area contributed by atoms with Gasteiger partial charge in [-0.15, -0.1) is 0 Å². The number of rotatable bonds is 0. The van der Waals surface area contributed by atoms with Crippen LogP contribution in [-0.4, -0.2) is 17.9 Å². The average molecular weight is 206 g/mol. The van der Waals surface area contributed by atoms with E-state index in [1.165, 1.54) is 0 Å². The minimum absolute atomic E-state index is 0.550. The molecule has 0 spiro atoms. The van der Waals surface area contributed by atoms with E-state index in [-0.39, 0.29) is 0 Å². The molecule has 0 atom stereocenters. The van der Waals surface area contributed by atoms with Crippen LogP contribution in [0, 0.1) is 0 Å². The summed E-state index contributed by atoms with van der Waals surface area (Å²) in [6.45, 7) is 0. The molecule has 0 aliphatic heterocycles. The van der Waals surface area contributed by atoms with Crippen molar-refractivity contribution in [1.82, 2.24) is 0 Å². The summed E-state index contributed by atoms with van der Waals surface area (Å²) < 4.78 is 16.0. The molecule has 0 rings (SSSR count). The van der Waals surface area contributed by atoms with Crippen molar-refractivity contribution < 1.29 is 47.6 Å². The van der Waals surface area contributed by atoms with Crippen molar-refractivity contribution in [1.29, 1.82) is 0 Å². The van der Waals surface area contributed by atoms with Crippen molar-refractivity contribution >= 4 is 7.82 Å². The van der Waals surface area contributed by atoms with Gasteiger partial charge < -0.3 is 14.7 Å². The zero-order valence-corrected chi connectivity index (χ0v) is 6.50. The molecule has 43 valence electrons. The van der Waals surface area contributed by atoms with E-state index in [4.69, 9.17) is 22.4 Å². The molecular formula is H4O5PZr. The molecule has 4 N–H and O–H groups in total. The van der Waals surface area contributed by atoms with Gasteiger partial charge in [-0.25, -0.2) is 4.57 Å². The number of phosphoric acid groups is 1. The van der Waals surface area contributed by atoms with E-state index >= 15 is 0 Å². The van der Waals surface area contributed by atoms with E-state index < -0.39 is 7.82 Å². The van der Waals surface area contributed by atoms with Crippen LogP contribution in [0.5, 0.6) is 0 Å². The number of hydrogen-bond donors (Lipinski definition) is 4. The van der Waals surface area contributed by atoms with Gasteiger partial charge in [0.05, 0.1) is 0 Å². The predicted octanol–water partition coefficient (Wildman–Crippen LogP) is -1.49. The fraction of sp³-hybridized carbons (Fsp3) is 0. The third-order valence-electron chi connectivity index (χ3n) is 0.